The smallest absolute Gasteiger partial charge is 0.322 e. The Bertz CT molecular complexity index is 1040. The average molecular weight is 448 g/mol. The van der Waals surface area contributed by atoms with E-state index in [1.165, 1.54) is 0 Å². The number of hydrogen-bond acceptors (Lipinski definition) is 5. The summed E-state index contributed by atoms with van der Waals surface area (Å²) in [5.74, 6) is 0.579. The predicted molar refractivity (Wildman–Crippen MR) is 125 cm³/mol. The second kappa shape index (κ2) is 9.31. The fourth-order valence-corrected chi connectivity index (χ4v) is 4.70. The normalized spacial score (nSPS) is 21.1. The molecule has 172 valence electrons. The largest absolute Gasteiger partial charge is 0.381 e. The van der Waals surface area contributed by atoms with Gasteiger partial charge < -0.3 is 15.0 Å². The van der Waals surface area contributed by atoms with E-state index in [-0.39, 0.29) is 17.9 Å². The van der Waals surface area contributed by atoms with Crippen LogP contribution in [0.3, 0.4) is 0 Å². The maximum absolute atomic E-state index is 12.7. The highest BCUT2D eigenvalue weighted by Gasteiger charge is 2.29. The van der Waals surface area contributed by atoms with Gasteiger partial charge in [-0.05, 0) is 53.6 Å². The summed E-state index contributed by atoms with van der Waals surface area (Å²) in [6.45, 7) is 5.37. The second-order valence-corrected chi connectivity index (χ2v) is 9.13. The Morgan fingerprint density at radius 3 is 2.64 bits per heavy atom. The third-order valence-electron chi connectivity index (χ3n) is 6.68. The minimum atomic E-state index is -0.129. The van der Waals surface area contributed by atoms with Gasteiger partial charge in [0.25, 0.3) is 0 Å². The van der Waals surface area contributed by atoms with Gasteiger partial charge in [-0.3, -0.25) is 9.78 Å². The van der Waals surface area contributed by atoms with Gasteiger partial charge in [-0.15, -0.1) is 0 Å². The van der Waals surface area contributed by atoms with Gasteiger partial charge in [0.05, 0.1) is 5.71 Å². The molecule has 1 N–H and O–H groups in total. The lowest BCUT2D eigenvalue weighted by molar-refractivity contribution is -0.133. The van der Waals surface area contributed by atoms with Crippen molar-refractivity contribution in [3.8, 4) is 0 Å². The van der Waals surface area contributed by atoms with Crippen molar-refractivity contribution in [1.82, 2.24) is 14.9 Å². The maximum atomic E-state index is 12.7. The fraction of sp³-hybridized carbons (Fsp3) is 0.440. The Morgan fingerprint density at radius 1 is 1.12 bits per heavy atom. The van der Waals surface area contributed by atoms with Crippen molar-refractivity contribution in [2.24, 2.45) is 16.9 Å². The molecule has 3 amide bonds. The molecule has 8 nitrogen and oxygen atoms in total. The van der Waals surface area contributed by atoms with Crippen LogP contribution in [0.25, 0.3) is 0 Å². The maximum Gasteiger partial charge on any atom is 0.322 e. The molecule has 0 bridgehead atoms. The highest BCUT2D eigenvalue weighted by atomic mass is 16.5. The minimum Gasteiger partial charge on any atom is -0.381 e. The number of carbonyl (C=O) groups is 2. The number of nitrogens with one attached hydrogen (secondary N) is 1. The molecule has 1 fully saturated rings. The van der Waals surface area contributed by atoms with Gasteiger partial charge in [0.2, 0.25) is 5.91 Å². The Kier molecular flexibility index (Phi) is 6.09. The molecule has 0 radical (unpaired) electrons. The standard InChI is InChI=1S/C25H29N5O3/c1-17-12-23(31)30(14-18-7-10-33-11-8-18)28-24(17)19-2-4-22(5-3-19)27-25(32)29-15-20-6-9-26-13-21(20)16-29/h2-6,9,13,17-18H,7-8,10-12,14-16H2,1H3,(H,27,32)/t17-/m1/s1. The number of hydrogen-bond donors (Lipinski definition) is 1. The quantitative estimate of drug-likeness (QED) is 0.775. The van der Waals surface area contributed by atoms with Gasteiger partial charge in [0.15, 0.2) is 0 Å². The molecule has 0 aliphatic carbocycles. The van der Waals surface area contributed by atoms with E-state index in [2.05, 4.69) is 10.3 Å². The van der Waals surface area contributed by atoms with Crippen LogP contribution in [0, 0.1) is 11.8 Å². The van der Waals surface area contributed by atoms with Crippen LogP contribution in [0.15, 0.2) is 47.8 Å². The molecule has 0 spiro atoms. The zero-order valence-corrected chi connectivity index (χ0v) is 18.9. The summed E-state index contributed by atoms with van der Waals surface area (Å²) < 4.78 is 5.44. The topological polar surface area (TPSA) is 87.1 Å². The molecule has 0 saturated carbocycles. The number of fused-ring (bicyclic) bond motifs is 1. The summed E-state index contributed by atoms with van der Waals surface area (Å²) in [7, 11) is 0. The van der Waals surface area contributed by atoms with Crippen molar-refractivity contribution in [2.75, 3.05) is 25.1 Å². The van der Waals surface area contributed by atoms with Crippen LogP contribution >= 0.6 is 0 Å². The molecule has 3 aliphatic heterocycles. The number of anilines is 1. The molecule has 3 aliphatic rings. The molecular formula is C25H29N5O3. The molecule has 1 aromatic heterocycles. The van der Waals surface area contributed by atoms with Gasteiger partial charge in [-0.1, -0.05) is 19.1 Å². The number of hydrazone groups is 1. The highest BCUT2D eigenvalue weighted by molar-refractivity contribution is 6.06. The van der Waals surface area contributed by atoms with E-state index < -0.39 is 0 Å². The number of rotatable bonds is 4. The molecule has 4 heterocycles. The molecule has 1 atom stereocenters. The third-order valence-corrected chi connectivity index (χ3v) is 6.68. The number of carbonyl (C=O) groups excluding carboxylic acids is 2. The number of amides is 3. The molecular weight excluding hydrogens is 418 g/mol. The number of pyridine rings is 1. The Morgan fingerprint density at radius 2 is 1.88 bits per heavy atom. The molecule has 8 heteroatoms. The van der Waals surface area contributed by atoms with Crippen molar-refractivity contribution >= 4 is 23.3 Å². The monoisotopic (exact) mass is 447 g/mol. The fourth-order valence-electron chi connectivity index (χ4n) is 4.70. The van der Waals surface area contributed by atoms with Gasteiger partial charge in [0.1, 0.15) is 0 Å². The number of ether oxygens (including phenoxy) is 1. The molecule has 1 saturated heterocycles. The summed E-state index contributed by atoms with van der Waals surface area (Å²) in [5.41, 5.74) is 4.86. The zero-order valence-electron chi connectivity index (χ0n) is 18.9. The highest BCUT2D eigenvalue weighted by Crippen LogP contribution is 2.26. The Labute approximate surface area is 193 Å². The van der Waals surface area contributed by atoms with E-state index in [0.29, 0.717) is 32.0 Å². The number of aromatic nitrogens is 1. The first-order valence-corrected chi connectivity index (χ1v) is 11.6. The van der Waals surface area contributed by atoms with Gasteiger partial charge >= 0.3 is 6.03 Å². The van der Waals surface area contributed by atoms with E-state index in [1.807, 2.05) is 43.5 Å². The first-order chi connectivity index (χ1) is 16.1. The number of urea groups is 1. The van der Waals surface area contributed by atoms with Crippen molar-refractivity contribution in [3.63, 3.8) is 0 Å². The van der Waals surface area contributed by atoms with E-state index >= 15 is 0 Å². The zero-order chi connectivity index (χ0) is 22.8. The van der Waals surface area contributed by atoms with Crippen molar-refractivity contribution in [1.29, 1.82) is 0 Å². The molecule has 0 unspecified atom stereocenters. The van der Waals surface area contributed by atoms with Gasteiger partial charge in [0, 0.05) is 63.3 Å². The van der Waals surface area contributed by atoms with E-state index in [9.17, 15) is 9.59 Å². The average Bonchev–Trinajstić information content (AvgIpc) is 3.27. The summed E-state index contributed by atoms with van der Waals surface area (Å²) in [6.07, 6.45) is 5.98. The van der Waals surface area contributed by atoms with Crippen LogP contribution in [-0.2, 0) is 22.6 Å². The predicted octanol–water partition coefficient (Wildman–Crippen LogP) is 3.63. The molecule has 33 heavy (non-hydrogen) atoms. The van der Waals surface area contributed by atoms with Gasteiger partial charge in [-0.25, -0.2) is 9.80 Å². The molecule has 5 rings (SSSR count). The Hall–Kier alpha value is -3.26. The van der Waals surface area contributed by atoms with Crippen LogP contribution in [0.4, 0.5) is 10.5 Å². The minimum absolute atomic E-state index is 0.0561. The van der Waals surface area contributed by atoms with Crippen molar-refractivity contribution < 1.29 is 14.3 Å². The van der Waals surface area contributed by atoms with E-state index in [1.54, 1.807) is 16.1 Å². The lowest BCUT2D eigenvalue weighted by atomic mass is 9.93. The third kappa shape index (κ3) is 4.75. The van der Waals surface area contributed by atoms with E-state index in [4.69, 9.17) is 9.84 Å². The first-order valence-electron chi connectivity index (χ1n) is 11.6. The van der Waals surface area contributed by atoms with Crippen LogP contribution in [0.1, 0.15) is 42.9 Å². The lowest BCUT2D eigenvalue weighted by Gasteiger charge is -2.31. The second-order valence-electron chi connectivity index (χ2n) is 9.13. The summed E-state index contributed by atoms with van der Waals surface area (Å²) >= 11 is 0. The summed E-state index contributed by atoms with van der Waals surface area (Å²) in [6, 6.07) is 9.56. The van der Waals surface area contributed by atoms with Crippen LogP contribution in [0.5, 0.6) is 0 Å². The van der Waals surface area contributed by atoms with E-state index in [0.717, 1.165) is 54.1 Å². The number of nitrogens with zero attached hydrogens (tertiary/aromatic N) is 4. The van der Waals surface area contributed by atoms with Crippen molar-refractivity contribution in [2.45, 2.75) is 39.3 Å². The first kappa shape index (κ1) is 21.6. The summed E-state index contributed by atoms with van der Waals surface area (Å²) in [5, 5.41) is 9.38. The van der Waals surface area contributed by atoms with Crippen LogP contribution in [0.2, 0.25) is 0 Å². The van der Waals surface area contributed by atoms with Crippen LogP contribution in [-0.4, -0.2) is 52.3 Å². The van der Waals surface area contributed by atoms with Crippen LogP contribution < -0.4 is 5.32 Å². The lowest BCUT2D eigenvalue weighted by Crippen LogP contribution is -2.40. The van der Waals surface area contributed by atoms with Crippen molar-refractivity contribution in [3.05, 3.63) is 59.4 Å². The summed E-state index contributed by atoms with van der Waals surface area (Å²) in [4.78, 5) is 31.2. The number of benzene rings is 1. The van der Waals surface area contributed by atoms with Gasteiger partial charge in [-0.2, -0.15) is 5.10 Å². The SMILES string of the molecule is C[C@@H]1CC(=O)N(CC2CCOCC2)N=C1c1ccc(NC(=O)N2Cc3ccncc3C2)cc1. The molecule has 1 aromatic carbocycles. The Balaban J connectivity index is 1.24. The molecule has 2 aromatic rings.